The van der Waals surface area contributed by atoms with Crippen LogP contribution in [0.25, 0.3) is 0 Å². The third kappa shape index (κ3) is 10.8. The maximum Gasteiger partial charge on any atom is 0.332 e. The van der Waals surface area contributed by atoms with Crippen molar-refractivity contribution in [1.29, 1.82) is 0 Å². The van der Waals surface area contributed by atoms with Gasteiger partial charge in [0.2, 0.25) is 0 Å². The largest absolute Gasteiger partial charge is 0.484 e. The summed E-state index contributed by atoms with van der Waals surface area (Å²) >= 11 is 9.72. The highest BCUT2D eigenvalue weighted by molar-refractivity contribution is 9.10. The van der Waals surface area contributed by atoms with Crippen molar-refractivity contribution in [3.05, 3.63) is 103 Å². The maximum atomic E-state index is 12.6. The Balaban J connectivity index is 1.32. The normalized spacial score (nSPS) is 14.0. The Hall–Kier alpha value is -3.14. The van der Waals surface area contributed by atoms with E-state index in [0.29, 0.717) is 22.9 Å². The molecule has 4 atom stereocenters. The molecular weight excluding hydrogens is 736 g/mol. The number of benzene rings is 2. The zero-order valence-corrected chi connectivity index (χ0v) is 28.5. The predicted molar refractivity (Wildman–Crippen MR) is 176 cm³/mol. The second kappa shape index (κ2) is 17.4. The molecule has 232 valence electrons. The second-order valence-corrected chi connectivity index (χ2v) is 12.4. The van der Waals surface area contributed by atoms with Crippen LogP contribution in [0, 0.1) is 0 Å². The Morgan fingerprint density at radius 2 is 1.11 bits per heavy atom. The summed E-state index contributed by atoms with van der Waals surface area (Å²) in [6.45, 7) is 0. The van der Waals surface area contributed by atoms with Crippen LogP contribution in [-0.2, 0) is 19.1 Å². The Kier molecular flexibility index (Phi) is 13.3. The lowest BCUT2D eigenvalue weighted by Crippen LogP contribution is -2.34. The average molecular weight is 767 g/mol. The van der Waals surface area contributed by atoms with E-state index in [1.165, 1.54) is 22.7 Å². The first kappa shape index (κ1) is 33.7. The van der Waals surface area contributed by atoms with Gasteiger partial charge < -0.3 is 18.9 Å². The number of thiazole rings is 2. The molecule has 0 bridgehead atoms. The Bertz CT molecular complexity index is 1360. The zero-order valence-electron chi connectivity index (χ0n) is 23.7. The molecule has 2 N–H and O–H groups in total. The van der Waals surface area contributed by atoms with Crippen molar-refractivity contribution in [2.45, 2.75) is 37.5 Å². The van der Waals surface area contributed by atoms with Crippen LogP contribution in [-0.4, -0.2) is 48.5 Å². The average Bonchev–Trinajstić information content (AvgIpc) is 3.76. The van der Waals surface area contributed by atoms with Gasteiger partial charge >= 0.3 is 11.9 Å². The lowest BCUT2D eigenvalue weighted by atomic mass is 10.1. The van der Waals surface area contributed by atoms with Crippen molar-refractivity contribution in [2.75, 3.05) is 14.1 Å². The highest BCUT2D eigenvalue weighted by Gasteiger charge is 2.25. The number of hydrogen-bond donors (Lipinski definition) is 2. The minimum atomic E-state index is -0.720. The SMILES string of the molecule is CNC(CC(Oc1ccc(Br)cc1)c1cscn1)OC(=O)/C=C\C(=O)OC(CC(Oc1ccc(Br)cc1)c1cscn1)NC. The van der Waals surface area contributed by atoms with Gasteiger partial charge in [-0.15, -0.1) is 22.7 Å². The van der Waals surface area contributed by atoms with E-state index in [-0.39, 0.29) is 12.8 Å². The summed E-state index contributed by atoms with van der Waals surface area (Å²) in [5.74, 6) is -0.148. The molecule has 0 aliphatic carbocycles. The van der Waals surface area contributed by atoms with E-state index in [4.69, 9.17) is 18.9 Å². The fraction of sp³-hybridized carbons (Fsp3) is 0.267. The third-order valence-electron chi connectivity index (χ3n) is 6.12. The highest BCUT2D eigenvalue weighted by atomic mass is 79.9. The minimum absolute atomic E-state index is 0.276. The Morgan fingerprint density at radius 1 is 0.727 bits per heavy atom. The number of aromatic nitrogens is 2. The summed E-state index contributed by atoms with van der Waals surface area (Å²) in [6, 6.07) is 14.8. The van der Waals surface area contributed by atoms with Crippen LogP contribution in [0.1, 0.15) is 36.4 Å². The second-order valence-electron chi connectivity index (χ2n) is 9.18. The molecular formula is C30H30Br2N4O6S2. The van der Waals surface area contributed by atoms with Crippen LogP contribution in [0.2, 0.25) is 0 Å². The highest BCUT2D eigenvalue weighted by Crippen LogP contribution is 2.29. The molecule has 0 spiro atoms. The number of nitrogens with one attached hydrogen (secondary N) is 2. The van der Waals surface area contributed by atoms with E-state index in [9.17, 15) is 9.59 Å². The third-order valence-corrected chi connectivity index (χ3v) is 8.39. The molecule has 0 aliphatic rings. The summed E-state index contributed by atoms with van der Waals surface area (Å²) in [6.07, 6.45) is 0.213. The first-order chi connectivity index (χ1) is 21.3. The van der Waals surface area contributed by atoms with Crippen LogP contribution >= 0.6 is 54.5 Å². The topological polar surface area (TPSA) is 121 Å². The molecule has 44 heavy (non-hydrogen) atoms. The molecule has 4 unspecified atom stereocenters. The van der Waals surface area contributed by atoms with Gasteiger partial charge in [-0.1, -0.05) is 31.9 Å². The lowest BCUT2D eigenvalue weighted by Gasteiger charge is -2.23. The summed E-state index contributed by atoms with van der Waals surface area (Å²) in [7, 11) is 3.33. The molecule has 0 fully saturated rings. The van der Waals surface area contributed by atoms with Gasteiger partial charge in [0.1, 0.15) is 23.7 Å². The number of carbonyl (C=O) groups excluding carboxylic acids is 2. The number of nitrogens with zero attached hydrogens (tertiary/aromatic N) is 2. The first-order valence-corrected chi connectivity index (χ1v) is 16.8. The molecule has 0 saturated heterocycles. The molecule has 14 heteroatoms. The molecule has 4 rings (SSSR count). The van der Waals surface area contributed by atoms with E-state index >= 15 is 0 Å². The number of carbonyl (C=O) groups is 2. The van der Waals surface area contributed by atoms with Gasteiger partial charge in [-0.05, 0) is 62.6 Å². The van der Waals surface area contributed by atoms with Crippen LogP contribution in [0.15, 0.2) is 91.4 Å². The maximum absolute atomic E-state index is 12.6. The van der Waals surface area contributed by atoms with Crippen molar-refractivity contribution in [3.8, 4) is 11.5 Å². The summed E-state index contributed by atoms with van der Waals surface area (Å²) in [4.78, 5) is 34.0. The van der Waals surface area contributed by atoms with E-state index in [1.54, 1.807) is 25.1 Å². The van der Waals surface area contributed by atoms with Crippen molar-refractivity contribution in [2.24, 2.45) is 0 Å². The molecule has 0 aliphatic heterocycles. The molecule has 2 aromatic carbocycles. The van der Waals surface area contributed by atoms with Gasteiger partial charge in [-0.2, -0.15) is 0 Å². The van der Waals surface area contributed by atoms with Gasteiger partial charge in [-0.3, -0.25) is 10.6 Å². The van der Waals surface area contributed by atoms with Gasteiger partial charge in [-0.25, -0.2) is 19.6 Å². The molecule has 0 saturated carbocycles. The summed E-state index contributed by atoms with van der Waals surface area (Å²) < 4.78 is 25.3. The zero-order chi connectivity index (χ0) is 31.3. The number of halogens is 2. The fourth-order valence-corrected chi connectivity index (χ4v) is 5.63. The molecule has 2 aromatic heterocycles. The minimum Gasteiger partial charge on any atom is -0.484 e. The van der Waals surface area contributed by atoms with Crippen LogP contribution in [0.4, 0.5) is 0 Å². The Labute approximate surface area is 280 Å². The van der Waals surface area contributed by atoms with Crippen molar-refractivity contribution >= 4 is 66.5 Å². The standard InChI is InChI=1S/C30H30Br2N4O6S2/c1-33-27(13-25(23-15-43-17-35-23)39-21-7-3-19(31)4-8-21)41-29(37)11-12-30(38)42-28(34-2)14-26(24-16-44-18-36-24)40-22-9-5-20(32)6-10-22/h3-12,15-18,25-28,33-34H,13-14H2,1-2H3/b12-11-. The number of esters is 2. The lowest BCUT2D eigenvalue weighted by molar-refractivity contribution is -0.148. The van der Waals surface area contributed by atoms with Crippen LogP contribution in [0.3, 0.4) is 0 Å². The van der Waals surface area contributed by atoms with Crippen molar-refractivity contribution in [1.82, 2.24) is 20.6 Å². The molecule has 10 nitrogen and oxygen atoms in total. The number of hydrogen-bond acceptors (Lipinski definition) is 12. The van der Waals surface area contributed by atoms with Crippen LogP contribution in [0.5, 0.6) is 11.5 Å². The monoisotopic (exact) mass is 764 g/mol. The van der Waals surface area contributed by atoms with Crippen LogP contribution < -0.4 is 20.1 Å². The number of ether oxygens (including phenoxy) is 4. The first-order valence-electron chi connectivity index (χ1n) is 13.4. The van der Waals surface area contributed by atoms with Gasteiger partial charge in [0.05, 0.1) is 22.4 Å². The Morgan fingerprint density at radius 3 is 1.43 bits per heavy atom. The quantitative estimate of drug-likeness (QED) is 0.0736. The van der Waals surface area contributed by atoms with Gasteiger partial charge in [0.25, 0.3) is 0 Å². The summed E-state index contributed by atoms with van der Waals surface area (Å²) in [5, 5.41) is 9.71. The van der Waals surface area contributed by atoms with Gasteiger partial charge in [0.15, 0.2) is 12.5 Å². The van der Waals surface area contributed by atoms with E-state index in [0.717, 1.165) is 21.1 Å². The molecule has 0 radical (unpaired) electrons. The molecule has 0 amide bonds. The van der Waals surface area contributed by atoms with E-state index in [1.807, 2.05) is 59.3 Å². The van der Waals surface area contributed by atoms with E-state index < -0.39 is 36.6 Å². The van der Waals surface area contributed by atoms with E-state index in [2.05, 4.69) is 52.5 Å². The molecule has 4 aromatic rings. The van der Waals surface area contributed by atoms with Gasteiger partial charge in [0, 0.05) is 44.7 Å². The van der Waals surface area contributed by atoms with Crippen molar-refractivity contribution in [3.63, 3.8) is 0 Å². The fourth-order valence-electron chi connectivity index (χ4n) is 3.91. The predicted octanol–water partition coefficient (Wildman–Crippen LogP) is 6.58. The molecule has 2 heterocycles. The van der Waals surface area contributed by atoms with Crippen molar-refractivity contribution < 1.29 is 28.5 Å². The summed E-state index contributed by atoms with van der Waals surface area (Å²) in [5.41, 5.74) is 4.86. The number of rotatable bonds is 16. The smallest absolute Gasteiger partial charge is 0.332 e.